The van der Waals surface area contributed by atoms with E-state index in [-0.39, 0.29) is 11.6 Å². The zero-order valence-corrected chi connectivity index (χ0v) is 16.2. The van der Waals surface area contributed by atoms with Gasteiger partial charge in [0.25, 0.3) is 0 Å². The first-order chi connectivity index (χ1) is 13.6. The van der Waals surface area contributed by atoms with E-state index in [0.29, 0.717) is 6.54 Å². The van der Waals surface area contributed by atoms with Crippen LogP contribution in [0.2, 0.25) is 0 Å². The van der Waals surface area contributed by atoms with Crippen LogP contribution in [-0.4, -0.2) is 49.4 Å². The number of aryl methyl sites for hydroxylation is 1. The summed E-state index contributed by atoms with van der Waals surface area (Å²) in [4.78, 5) is 14.6. The fraction of sp³-hybridized carbons (Fsp3) is 0.409. The molecule has 2 aromatic carbocycles. The second-order valence-corrected chi connectivity index (χ2v) is 7.68. The van der Waals surface area contributed by atoms with Crippen molar-refractivity contribution in [1.82, 2.24) is 10.2 Å². The zero-order chi connectivity index (χ0) is 19.4. The molecule has 6 nitrogen and oxygen atoms in total. The minimum atomic E-state index is -0.202. The average molecular weight is 381 g/mol. The van der Waals surface area contributed by atoms with Gasteiger partial charge < -0.3 is 20.1 Å². The lowest BCUT2D eigenvalue weighted by molar-refractivity contribution is -0.200. The molecule has 2 fully saturated rings. The van der Waals surface area contributed by atoms with Crippen LogP contribution in [0.4, 0.5) is 10.5 Å². The SMILES string of the molecule is Cc1ccc(CNC(=O)Nc2ccc(CN3CCOCC34COC4)cc2)cc1. The highest BCUT2D eigenvalue weighted by atomic mass is 16.5. The summed E-state index contributed by atoms with van der Waals surface area (Å²) in [5.41, 5.74) is 4.34. The van der Waals surface area contributed by atoms with Crippen LogP contribution in [-0.2, 0) is 22.6 Å². The van der Waals surface area contributed by atoms with Crippen LogP contribution in [0.5, 0.6) is 0 Å². The molecule has 6 heteroatoms. The van der Waals surface area contributed by atoms with Crippen molar-refractivity contribution < 1.29 is 14.3 Å². The predicted octanol–water partition coefficient (Wildman–Crippen LogP) is 2.92. The minimum absolute atomic E-state index is 0.0467. The van der Waals surface area contributed by atoms with Gasteiger partial charge in [0.05, 0.1) is 32.0 Å². The molecule has 2 N–H and O–H groups in total. The van der Waals surface area contributed by atoms with Gasteiger partial charge in [-0.3, -0.25) is 4.90 Å². The Labute approximate surface area is 165 Å². The molecule has 0 aliphatic carbocycles. The van der Waals surface area contributed by atoms with E-state index in [0.717, 1.165) is 50.8 Å². The molecule has 2 amide bonds. The molecule has 4 rings (SSSR count). The van der Waals surface area contributed by atoms with Gasteiger partial charge in [-0.05, 0) is 30.2 Å². The van der Waals surface area contributed by atoms with Crippen molar-refractivity contribution in [3.8, 4) is 0 Å². The van der Waals surface area contributed by atoms with Crippen LogP contribution >= 0.6 is 0 Å². The van der Waals surface area contributed by atoms with Crippen molar-refractivity contribution in [2.24, 2.45) is 0 Å². The van der Waals surface area contributed by atoms with Crippen LogP contribution in [0.1, 0.15) is 16.7 Å². The molecule has 0 bridgehead atoms. The van der Waals surface area contributed by atoms with E-state index in [1.165, 1.54) is 11.1 Å². The van der Waals surface area contributed by atoms with Crippen molar-refractivity contribution in [3.05, 3.63) is 65.2 Å². The maximum absolute atomic E-state index is 12.1. The molecule has 1 spiro atoms. The Balaban J connectivity index is 1.28. The molecule has 0 unspecified atom stereocenters. The summed E-state index contributed by atoms with van der Waals surface area (Å²) in [6, 6.07) is 16.0. The molecular weight excluding hydrogens is 354 g/mol. The summed E-state index contributed by atoms with van der Waals surface area (Å²) in [5.74, 6) is 0. The van der Waals surface area contributed by atoms with Gasteiger partial charge in [-0.15, -0.1) is 0 Å². The average Bonchev–Trinajstić information content (AvgIpc) is 2.68. The molecule has 2 saturated heterocycles. The molecular formula is C22H27N3O3. The Kier molecular flexibility index (Phi) is 5.62. The molecule has 2 aliphatic heterocycles. The van der Waals surface area contributed by atoms with E-state index in [1.54, 1.807) is 0 Å². The third-order valence-corrected chi connectivity index (χ3v) is 5.45. The van der Waals surface area contributed by atoms with Crippen LogP contribution in [0.25, 0.3) is 0 Å². The molecule has 0 atom stereocenters. The monoisotopic (exact) mass is 381 g/mol. The molecule has 0 saturated carbocycles. The number of urea groups is 1. The summed E-state index contributed by atoms with van der Waals surface area (Å²) in [6.45, 7) is 7.34. The molecule has 28 heavy (non-hydrogen) atoms. The number of benzene rings is 2. The molecule has 0 aromatic heterocycles. The number of hydrogen-bond acceptors (Lipinski definition) is 4. The number of anilines is 1. The Morgan fingerprint density at radius 1 is 1.00 bits per heavy atom. The molecule has 2 heterocycles. The third kappa shape index (κ3) is 4.35. The number of nitrogens with one attached hydrogen (secondary N) is 2. The van der Waals surface area contributed by atoms with Gasteiger partial charge >= 0.3 is 6.03 Å². The fourth-order valence-electron chi connectivity index (χ4n) is 3.59. The van der Waals surface area contributed by atoms with Gasteiger partial charge in [0, 0.05) is 25.3 Å². The quantitative estimate of drug-likeness (QED) is 0.836. The van der Waals surface area contributed by atoms with Crippen molar-refractivity contribution in [1.29, 1.82) is 0 Å². The van der Waals surface area contributed by atoms with Gasteiger partial charge in [-0.25, -0.2) is 4.79 Å². The lowest BCUT2D eigenvalue weighted by Gasteiger charge is -2.52. The standard InChI is InChI=1S/C22H27N3O3/c1-17-2-4-18(5-3-17)12-23-21(26)24-20-8-6-19(7-9-20)13-25-10-11-27-14-22(25)15-28-16-22/h2-9H,10-16H2,1H3,(H2,23,24,26). The van der Waals surface area contributed by atoms with Crippen LogP contribution in [0.15, 0.2) is 48.5 Å². The van der Waals surface area contributed by atoms with Crippen molar-refractivity contribution in [2.75, 3.05) is 38.3 Å². The highest BCUT2D eigenvalue weighted by Crippen LogP contribution is 2.30. The summed E-state index contributed by atoms with van der Waals surface area (Å²) in [6.07, 6.45) is 0. The van der Waals surface area contributed by atoms with Gasteiger partial charge in [-0.2, -0.15) is 0 Å². The Morgan fingerprint density at radius 2 is 1.68 bits per heavy atom. The highest BCUT2D eigenvalue weighted by Gasteiger charge is 2.46. The van der Waals surface area contributed by atoms with Crippen molar-refractivity contribution in [2.45, 2.75) is 25.6 Å². The number of nitrogens with zero attached hydrogens (tertiary/aromatic N) is 1. The lowest BCUT2D eigenvalue weighted by Crippen LogP contribution is -2.67. The topological polar surface area (TPSA) is 62.8 Å². The van der Waals surface area contributed by atoms with Gasteiger partial charge in [0.15, 0.2) is 0 Å². The Hall–Kier alpha value is -2.41. The highest BCUT2D eigenvalue weighted by molar-refractivity contribution is 5.89. The summed E-state index contributed by atoms with van der Waals surface area (Å²) in [7, 11) is 0. The van der Waals surface area contributed by atoms with E-state index in [4.69, 9.17) is 9.47 Å². The largest absolute Gasteiger partial charge is 0.378 e. The molecule has 2 aliphatic rings. The lowest BCUT2D eigenvalue weighted by atomic mass is 9.94. The summed E-state index contributed by atoms with van der Waals surface area (Å²) >= 11 is 0. The molecule has 2 aromatic rings. The minimum Gasteiger partial charge on any atom is -0.378 e. The van der Waals surface area contributed by atoms with Crippen LogP contribution < -0.4 is 10.6 Å². The van der Waals surface area contributed by atoms with Gasteiger partial charge in [0.1, 0.15) is 0 Å². The first kappa shape index (κ1) is 18.9. The number of carbonyl (C=O) groups is 1. The van der Waals surface area contributed by atoms with Gasteiger partial charge in [-0.1, -0.05) is 42.0 Å². The van der Waals surface area contributed by atoms with Crippen molar-refractivity contribution in [3.63, 3.8) is 0 Å². The van der Waals surface area contributed by atoms with Crippen LogP contribution in [0.3, 0.4) is 0 Å². The number of carbonyl (C=O) groups excluding carboxylic acids is 1. The first-order valence-electron chi connectivity index (χ1n) is 9.73. The third-order valence-electron chi connectivity index (χ3n) is 5.45. The van der Waals surface area contributed by atoms with Crippen molar-refractivity contribution >= 4 is 11.7 Å². The maximum atomic E-state index is 12.1. The molecule has 148 valence electrons. The summed E-state index contributed by atoms with van der Waals surface area (Å²) < 4.78 is 11.1. The number of morpholine rings is 1. The smallest absolute Gasteiger partial charge is 0.319 e. The number of amides is 2. The molecule has 0 radical (unpaired) electrons. The maximum Gasteiger partial charge on any atom is 0.319 e. The van der Waals surface area contributed by atoms with Crippen LogP contribution in [0, 0.1) is 6.92 Å². The van der Waals surface area contributed by atoms with E-state index in [2.05, 4.69) is 27.7 Å². The van der Waals surface area contributed by atoms with E-state index < -0.39 is 0 Å². The Morgan fingerprint density at radius 3 is 2.36 bits per heavy atom. The first-order valence-corrected chi connectivity index (χ1v) is 9.73. The number of ether oxygens (including phenoxy) is 2. The normalized spacial score (nSPS) is 18.5. The van der Waals surface area contributed by atoms with E-state index in [9.17, 15) is 4.79 Å². The van der Waals surface area contributed by atoms with E-state index >= 15 is 0 Å². The summed E-state index contributed by atoms with van der Waals surface area (Å²) in [5, 5.41) is 5.78. The number of rotatable bonds is 5. The second-order valence-electron chi connectivity index (χ2n) is 7.68. The second kappa shape index (κ2) is 8.31. The zero-order valence-electron chi connectivity index (χ0n) is 16.2. The Bertz CT molecular complexity index is 801. The number of hydrogen-bond donors (Lipinski definition) is 2. The fourth-order valence-corrected chi connectivity index (χ4v) is 3.59. The van der Waals surface area contributed by atoms with E-state index in [1.807, 2.05) is 43.3 Å². The predicted molar refractivity (Wildman–Crippen MR) is 108 cm³/mol. The van der Waals surface area contributed by atoms with Gasteiger partial charge in [0.2, 0.25) is 0 Å².